The van der Waals surface area contributed by atoms with Gasteiger partial charge in [-0.3, -0.25) is 4.79 Å². The van der Waals surface area contributed by atoms with E-state index in [2.05, 4.69) is 10.3 Å². The number of nitrogens with one attached hydrogen (secondary N) is 1. The highest BCUT2D eigenvalue weighted by atomic mass is 32.1. The topological polar surface area (TPSA) is 60.5 Å². The van der Waals surface area contributed by atoms with E-state index >= 15 is 0 Å². The minimum absolute atomic E-state index is 0.131. The van der Waals surface area contributed by atoms with Crippen LogP contribution in [0.15, 0.2) is 54.7 Å². The third-order valence-electron chi connectivity index (χ3n) is 3.82. The third-order valence-corrected chi connectivity index (χ3v) is 4.78. The van der Waals surface area contributed by atoms with Gasteiger partial charge >= 0.3 is 0 Å². The van der Waals surface area contributed by atoms with E-state index in [4.69, 9.17) is 9.47 Å². The van der Waals surface area contributed by atoms with Crippen molar-refractivity contribution in [2.24, 2.45) is 0 Å². The molecule has 0 saturated heterocycles. The maximum absolute atomic E-state index is 11.6. The number of hydrogen-bond donors (Lipinski definition) is 1. The van der Waals surface area contributed by atoms with Crippen molar-refractivity contribution >= 4 is 29.4 Å². The number of ether oxygens (including phenoxy) is 2. The Morgan fingerprint density at radius 3 is 2.70 bits per heavy atom. The van der Waals surface area contributed by atoms with E-state index in [9.17, 15) is 4.79 Å². The molecular formula is C21H20N2O3S. The molecular weight excluding hydrogens is 360 g/mol. The van der Waals surface area contributed by atoms with Gasteiger partial charge in [-0.25, -0.2) is 4.98 Å². The summed E-state index contributed by atoms with van der Waals surface area (Å²) < 4.78 is 11.3. The van der Waals surface area contributed by atoms with Crippen LogP contribution in [-0.2, 0) is 6.61 Å². The van der Waals surface area contributed by atoms with E-state index in [-0.39, 0.29) is 5.91 Å². The Morgan fingerprint density at radius 1 is 1.15 bits per heavy atom. The van der Waals surface area contributed by atoms with Crippen molar-refractivity contribution in [1.29, 1.82) is 0 Å². The van der Waals surface area contributed by atoms with Crippen molar-refractivity contribution in [2.75, 3.05) is 14.2 Å². The van der Waals surface area contributed by atoms with Gasteiger partial charge in [-0.2, -0.15) is 0 Å². The van der Waals surface area contributed by atoms with E-state index in [1.807, 2.05) is 60.7 Å². The van der Waals surface area contributed by atoms with Gasteiger partial charge < -0.3 is 14.8 Å². The van der Waals surface area contributed by atoms with Crippen molar-refractivity contribution in [3.05, 3.63) is 75.7 Å². The van der Waals surface area contributed by atoms with E-state index < -0.39 is 0 Å². The number of nitrogens with zero attached hydrogens (tertiary/aromatic N) is 1. The molecule has 5 nitrogen and oxygen atoms in total. The Bertz CT molecular complexity index is 936. The molecule has 2 aromatic carbocycles. The van der Waals surface area contributed by atoms with Gasteiger partial charge in [0.15, 0.2) is 11.5 Å². The maximum Gasteiger partial charge on any atom is 0.262 e. The predicted molar refractivity (Wildman–Crippen MR) is 108 cm³/mol. The van der Waals surface area contributed by atoms with Crippen LogP contribution in [0.4, 0.5) is 0 Å². The number of thiazole rings is 1. The monoisotopic (exact) mass is 380 g/mol. The lowest BCUT2D eigenvalue weighted by Gasteiger charge is -2.11. The number of methoxy groups -OCH3 is 1. The molecule has 0 saturated carbocycles. The summed E-state index contributed by atoms with van der Waals surface area (Å²) in [6, 6.07) is 15.7. The van der Waals surface area contributed by atoms with Crippen molar-refractivity contribution in [3.8, 4) is 11.5 Å². The molecule has 6 heteroatoms. The second kappa shape index (κ2) is 9.00. The third kappa shape index (κ3) is 4.95. The van der Waals surface area contributed by atoms with Crippen molar-refractivity contribution in [2.45, 2.75) is 6.61 Å². The Hall–Kier alpha value is -3.12. The van der Waals surface area contributed by atoms with Crippen LogP contribution in [0.1, 0.15) is 25.8 Å². The zero-order valence-electron chi connectivity index (χ0n) is 15.1. The number of carbonyl (C=O) groups is 1. The van der Waals surface area contributed by atoms with Crippen LogP contribution in [0.3, 0.4) is 0 Å². The number of rotatable bonds is 7. The highest BCUT2D eigenvalue weighted by molar-refractivity contribution is 7.14. The maximum atomic E-state index is 11.6. The summed E-state index contributed by atoms with van der Waals surface area (Å²) in [5, 5.41) is 3.35. The van der Waals surface area contributed by atoms with Gasteiger partial charge in [0.2, 0.25) is 0 Å². The van der Waals surface area contributed by atoms with E-state index in [0.29, 0.717) is 23.0 Å². The lowest BCUT2D eigenvalue weighted by Crippen LogP contribution is -2.16. The minimum atomic E-state index is -0.131. The number of hydrogen-bond acceptors (Lipinski definition) is 5. The molecule has 0 spiro atoms. The molecule has 27 heavy (non-hydrogen) atoms. The first-order valence-corrected chi connectivity index (χ1v) is 9.22. The van der Waals surface area contributed by atoms with Gasteiger partial charge in [0, 0.05) is 7.05 Å². The average molecular weight is 380 g/mol. The standard InChI is InChI=1S/C21H20N2O3S/c1-22-21(24)19-13-23-20(27-19)11-9-15-8-10-17(18(12-15)25-2)26-14-16-6-4-3-5-7-16/h3-13H,14H2,1-2H3,(H,22,24)/b11-9+. The van der Waals surface area contributed by atoms with Crippen molar-refractivity contribution in [1.82, 2.24) is 10.3 Å². The molecule has 1 amide bonds. The van der Waals surface area contributed by atoms with E-state index in [1.165, 1.54) is 11.3 Å². The molecule has 0 unspecified atom stereocenters. The van der Waals surface area contributed by atoms with Gasteiger partial charge in [-0.1, -0.05) is 42.5 Å². The summed E-state index contributed by atoms with van der Waals surface area (Å²) in [4.78, 5) is 16.4. The summed E-state index contributed by atoms with van der Waals surface area (Å²) in [5.74, 6) is 1.22. The van der Waals surface area contributed by atoms with Crippen LogP contribution in [0.25, 0.3) is 12.2 Å². The smallest absolute Gasteiger partial charge is 0.262 e. The number of benzene rings is 2. The van der Waals surface area contributed by atoms with Crippen LogP contribution in [0.5, 0.6) is 11.5 Å². The van der Waals surface area contributed by atoms with Gasteiger partial charge in [-0.15, -0.1) is 11.3 Å². The molecule has 0 atom stereocenters. The first kappa shape index (κ1) is 18.7. The van der Waals surface area contributed by atoms with Crippen LogP contribution < -0.4 is 14.8 Å². The molecule has 0 aliphatic carbocycles. The lowest BCUT2D eigenvalue weighted by molar-refractivity contribution is 0.0967. The quantitative estimate of drug-likeness (QED) is 0.665. The summed E-state index contributed by atoms with van der Waals surface area (Å²) in [6.07, 6.45) is 5.37. The number of amides is 1. The van der Waals surface area contributed by atoms with Gasteiger partial charge in [-0.05, 0) is 29.3 Å². The normalized spacial score (nSPS) is 10.7. The highest BCUT2D eigenvalue weighted by Gasteiger charge is 2.08. The summed E-state index contributed by atoms with van der Waals surface area (Å²) in [6.45, 7) is 0.480. The molecule has 0 fully saturated rings. The SMILES string of the molecule is CNC(=O)c1cnc(/C=C/c2ccc(OCc3ccccc3)c(OC)c2)s1. The van der Waals surface area contributed by atoms with Crippen LogP contribution in [0.2, 0.25) is 0 Å². The molecule has 0 bridgehead atoms. The van der Waals surface area contributed by atoms with E-state index in [0.717, 1.165) is 16.1 Å². The first-order valence-electron chi connectivity index (χ1n) is 8.40. The molecule has 1 N–H and O–H groups in total. The largest absolute Gasteiger partial charge is 0.493 e. The average Bonchev–Trinajstić information content (AvgIpc) is 3.20. The van der Waals surface area contributed by atoms with Crippen molar-refractivity contribution < 1.29 is 14.3 Å². The zero-order chi connectivity index (χ0) is 19.1. The Morgan fingerprint density at radius 2 is 1.96 bits per heavy atom. The Kier molecular flexibility index (Phi) is 6.22. The molecule has 138 valence electrons. The molecule has 3 aromatic rings. The Labute approximate surface area is 162 Å². The molecule has 0 radical (unpaired) electrons. The minimum Gasteiger partial charge on any atom is -0.493 e. The summed E-state index contributed by atoms with van der Waals surface area (Å²) >= 11 is 1.34. The fraction of sp³-hybridized carbons (Fsp3) is 0.143. The van der Waals surface area contributed by atoms with Gasteiger partial charge in [0.25, 0.3) is 5.91 Å². The second-order valence-corrected chi connectivity index (χ2v) is 6.72. The lowest BCUT2D eigenvalue weighted by atomic mass is 10.2. The molecule has 3 rings (SSSR count). The van der Waals surface area contributed by atoms with Gasteiger partial charge in [0.1, 0.15) is 16.5 Å². The van der Waals surface area contributed by atoms with Gasteiger partial charge in [0.05, 0.1) is 13.3 Å². The van der Waals surface area contributed by atoms with Crippen LogP contribution in [-0.4, -0.2) is 25.0 Å². The number of carbonyl (C=O) groups excluding carboxylic acids is 1. The number of aromatic nitrogens is 1. The molecule has 1 heterocycles. The van der Waals surface area contributed by atoms with Crippen LogP contribution >= 0.6 is 11.3 Å². The van der Waals surface area contributed by atoms with E-state index in [1.54, 1.807) is 20.4 Å². The molecule has 1 aromatic heterocycles. The Balaban J connectivity index is 1.70. The first-order chi connectivity index (χ1) is 13.2. The fourth-order valence-electron chi connectivity index (χ4n) is 2.40. The molecule has 0 aliphatic heterocycles. The molecule has 0 aliphatic rings. The fourth-order valence-corrected chi connectivity index (χ4v) is 3.17. The zero-order valence-corrected chi connectivity index (χ0v) is 16.0. The second-order valence-electron chi connectivity index (χ2n) is 5.66. The van der Waals surface area contributed by atoms with Crippen LogP contribution in [0, 0.1) is 0 Å². The summed E-state index contributed by atoms with van der Waals surface area (Å²) in [7, 11) is 3.22. The highest BCUT2D eigenvalue weighted by Crippen LogP contribution is 2.29. The predicted octanol–water partition coefficient (Wildman–Crippen LogP) is 4.26. The van der Waals surface area contributed by atoms with Crippen molar-refractivity contribution in [3.63, 3.8) is 0 Å². The summed E-state index contributed by atoms with van der Waals surface area (Å²) in [5.41, 5.74) is 2.05.